The Morgan fingerprint density at radius 3 is 1.61 bits per heavy atom. The van der Waals surface area contributed by atoms with Crippen molar-refractivity contribution in [2.75, 3.05) is 12.5 Å². The van der Waals surface area contributed by atoms with Crippen LogP contribution in [-0.2, 0) is 36.5 Å². The van der Waals surface area contributed by atoms with E-state index in [0.717, 1.165) is 12.5 Å². The maximum atomic E-state index is 11.0. The van der Waals surface area contributed by atoms with Crippen LogP contribution >= 0.6 is 0 Å². The van der Waals surface area contributed by atoms with E-state index in [0.29, 0.717) is 11.4 Å². The molecule has 170 valence electrons. The van der Waals surface area contributed by atoms with E-state index >= 15 is 0 Å². The summed E-state index contributed by atoms with van der Waals surface area (Å²) in [5, 5.41) is 21.0. The van der Waals surface area contributed by atoms with Gasteiger partial charge >= 0.3 is 0 Å². The Bertz CT molecular complexity index is 1200. The van der Waals surface area contributed by atoms with Crippen LogP contribution in [0.3, 0.4) is 0 Å². The summed E-state index contributed by atoms with van der Waals surface area (Å²) in [5.74, 6) is -0.203. The van der Waals surface area contributed by atoms with E-state index < -0.39 is 29.8 Å². The van der Waals surface area contributed by atoms with Crippen LogP contribution in [0.1, 0.15) is 22.8 Å². The summed E-state index contributed by atoms with van der Waals surface area (Å²) in [4.78, 5) is 27.6. The van der Waals surface area contributed by atoms with Crippen molar-refractivity contribution in [1.29, 1.82) is 0 Å². The zero-order chi connectivity index (χ0) is 24.0. The molecule has 0 saturated carbocycles. The second-order valence-electron chi connectivity index (χ2n) is 6.36. The summed E-state index contributed by atoms with van der Waals surface area (Å²) in [6, 6.07) is 5.24. The standard InChI is InChI=1S/C8H10N2O5S.C8H10N2O4S/c1-6-8(10(11)12)4-3-7(9-6)5-15-16(2,13)14;1-6-8(10(11)12)4-3-7(9-6)5-15(2,13)14/h3-4H,5H2,1-2H3;3-4H,5H2,1-2H3. The van der Waals surface area contributed by atoms with Gasteiger partial charge in [-0.25, -0.2) is 18.4 Å². The molecule has 0 unspecified atom stereocenters. The first-order valence-electron chi connectivity index (χ1n) is 8.33. The first-order valence-corrected chi connectivity index (χ1v) is 12.2. The molecule has 0 saturated heterocycles. The average Bonchev–Trinajstić information content (AvgIpc) is 2.58. The average molecular weight is 476 g/mol. The molecule has 0 aliphatic carbocycles. The number of rotatable bonds is 7. The van der Waals surface area contributed by atoms with Gasteiger partial charge in [0.25, 0.3) is 21.5 Å². The number of hydrogen-bond acceptors (Lipinski definition) is 11. The molecule has 0 fully saturated rings. The smallest absolute Gasteiger partial charge is 0.264 e. The van der Waals surface area contributed by atoms with E-state index in [4.69, 9.17) is 0 Å². The Hall–Kier alpha value is -3.04. The van der Waals surface area contributed by atoms with E-state index in [-0.39, 0.29) is 35.1 Å². The zero-order valence-electron chi connectivity index (χ0n) is 17.0. The van der Waals surface area contributed by atoms with Gasteiger partial charge in [0.1, 0.15) is 18.0 Å². The van der Waals surface area contributed by atoms with Gasteiger partial charge in [0.15, 0.2) is 9.84 Å². The highest BCUT2D eigenvalue weighted by atomic mass is 32.2. The molecule has 2 aromatic heterocycles. The molecule has 31 heavy (non-hydrogen) atoms. The predicted octanol–water partition coefficient (Wildman–Crippen LogP) is 1.62. The number of sulfone groups is 1. The topological polar surface area (TPSA) is 190 Å². The van der Waals surface area contributed by atoms with Crippen molar-refractivity contribution in [2.24, 2.45) is 0 Å². The van der Waals surface area contributed by atoms with Crippen LogP contribution in [0, 0.1) is 34.1 Å². The maximum absolute atomic E-state index is 11.0. The molecule has 0 amide bonds. The first kappa shape index (κ1) is 26.0. The fraction of sp³-hybridized carbons (Fsp3) is 0.375. The SMILES string of the molecule is Cc1nc(COS(C)(=O)=O)ccc1[N+](=O)[O-].Cc1nc(CS(C)(=O)=O)ccc1[N+](=O)[O-]. The van der Waals surface area contributed by atoms with Crippen molar-refractivity contribution in [3.8, 4) is 0 Å². The van der Waals surface area contributed by atoms with Crippen molar-refractivity contribution in [3.63, 3.8) is 0 Å². The minimum Gasteiger partial charge on any atom is -0.264 e. The highest BCUT2D eigenvalue weighted by Crippen LogP contribution is 2.17. The van der Waals surface area contributed by atoms with E-state index in [9.17, 15) is 37.1 Å². The van der Waals surface area contributed by atoms with Gasteiger partial charge in [0.05, 0.1) is 33.2 Å². The highest BCUT2D eigenvalue weighted by Gasteiger charge is 2.14. The lowest BCUT2D eigenvalue weighted by molar-refractivity contribution is -0.385. The summed E-state index contributed by atoms with van der Waals surface area (Å²) < 4.78 is 47.8. The van der Waals surface area contributed by atoms with Gasteiger partial charge in [-0.05, 0) is 26.0 Å². The number of aromatic nitrogens is 2. The molecule has 2 heterocycles. The van der Waals surface area contributed by atoms with Crippen LogP contribution in [0.5, 0.6) is 0 Å². The predicted molar refractivity (Wildman–Crippen MR) is 109 cm³/mol. The van der Waals surface area contributed by atoms with Crippen molar-refractivity contribution in [3.05, 3.63) is 67.3 Å². The van der Waals surface area contributed by atoms with Gasteiger partial charge in [-0.3, -0.25) is 24.4 Å². The van der Waals surface area contributed by atoms with E-state index in [1.54, 1.807) is 0 Å². The Balaban J connectivity index is 0.000000311. The molecule has 0 spiro atoms. The third-order valence-electron chi connectivity index (χ3n) is 3.46. The van der Waals surface area contributed by atoms with Crippen molar-refractivity contribution < 1.29 is 30.9 Å². The Morgan fingerprint density at radius 1 is 0.839 bits per heavy atom. The van der Waals surface area contributed by atoms with E-state index in [2.05, 4.69) is 14.2 Å². The maximum Gasteiger partial charge on any atom is 0.290 e. The summed E-state index contributed by atoms with van der Waals surface area (Å²) in [7, 11) is -6.69. The third kappa shape index (κ3) is 9.54. The molecule has 0 aromatic carbocycles. The Labute approximate surface area is 178 Å². The molecule has 15 heteroatoms. The highest BCUT2D eigenvalue weighted by molar-refractivity contribution is 7.89. The minimum absolute atomic E-state index is 0.104. The lowest BCUT2D eigenvalue weighted by Crippen LogP contribution is -2.05. The molecule has 0 radical (unpaired) electrons. The Kier molecular flexibility index (Phi) is 8.65. The largest absolute Gasteiger partial charge is 0.290 e. The minimum atomic E-state index is -3.54. The lowest BCUT2D eigenvalue weighted by atomic mass is 10.3. The third-order valence-corrected chi connectivity index (χ3v) is 4.82. The molecule has 0 aliphatic heterocycles. The number of hydrogen-bond donors (Lipinski definition) is 0. The second-order valence-corrected chi connectivity index (χ2v) is 10.1. The lowest BCUT2D eigenvalue weighted by Gasteiger charge is -2.02. The quantitative estimate of drug-likeness (QED) is 0.320. The van der Waals surface area contributed by atoms with Crippen LogP contribution in [0.2, 0.25) is 0 Å². The number of nitro groups is 2. The van der Waals surface area contributed by atoms with Crippen LogP contribution < -0.4 is 0 Å². The van der Waals surface area contributed by atoms with Crippen LogP contribution in [-0.4, -0.2) is 49.2 Å². The van der Waals surface area contributed by atoms with Gasteiger partial charge < -0.3 is 0 Å². The fourth-order valence-corrected chi connectivity index (χ4v) is 3.23. The van der Waals surface area contributed by atoms with Crippen molar-refractivity contribution in [2.45, 2.75) is 26.2 Å². The van der Waals surface area contributed by atoms with Crippen LogP contribution in [0.15, 0.2) is 24.3 Å². The molecular weight excluding hydrogens is 456 g/mol. The zero-order valence-corrected chi connectivity index (χ0v) is 18.6. The molecule has 2 aromatic rings. The first-order chi connectivity index (χ1) is 14.1. The monoisotopic (exact) mass is 476 g/mol. The van der Waals surface area contributed by atoms with Crippen LogP contribution in [0.4, 0.5) is 11.4 Å². The molecule has 2 rings (SSSR count). The molecular formula is C16H20N4O9S2. The molecule has 0 atom stereocenters. The van der Waals surface area contributed by atoms with Gasteiger partial charge in [0.2, 0.25) is 0 Å². The van der Waals surface area contributed by atoms with E-state index in [1.165, 1.54) is 38.1 Å². The summed E-state index contributed by atoms with van der Waals surface area (Å²) in [6.07, 6.45) is 2.01. The number of aryl methyl sites for hydroxylation is 2. The van der Waals surface area contributed by atoms with E-state index in [1.807, 2.05) is 0 Å². The summed E-state index contributed by atoms with van der Waals surface area (Å²) in [6.45, 7) is 2.73. The van der Waals surface area contributed by atoms with Gasteiger partial charge in [0, 0.05) is 18.4 Å². The Morgan fingerprint density at radius 2 is 1.26 bits per heavy atom. The molecule has 0 aliphatic rings. The molecule has 0 bridgehead atoms. The molecule has 13 nitrogen and oxygen atoms in total. The van der Waals surface area contributed by atoms with Crippen LogP contribution in [0.25, 0.3) is 0 Å². The molecule has 0 N–H and O–H groups in total. The van der Waals surface area contributed by atoms with Crippen molar-refractivity contribution >= 4 is 31.3 Å². The summed E-state index contributed by atoms with van der Waals surface area (Å²) in [5.41, 5.74) is 0.880. The van der Waals surface area contributed by atoms with Gasteiger partial charge in [-0.1, -0.05) is 0 Å². The summed E-state index contributed by atoms with van der Waals surface area (Å²) >= 11 is 0. The van der Waals surface area contributed by atoms with Gasteiger partial charge in [-0.2, -0.15) is 8.42 Å². The number of pyridine rings is 2. The fourth-order valence-electron chi connectivity index (χ4n) is 2.19. The normalized spacial score (nSPS) is 11.4. The second kappa shape index (κ2) is 10.3. The number of nitrogens with zero attached hydrogens (tertiary/aromatic N) is 4. The van der Waals surface area contributed by atoms with Crippen molar-refractivity contribution in [1.82, 2.24) is 9.97 Å². The van der Waals surface area contributed by atoms with Gasteiger partial charge in [-0.15, -0.1) is 0 Å².